The first-order valence-electron chi connectivity index (χ1n) is 5.23. The van der Waals surface area contributed by atoms with Crippen molar-refractivity contribution in [3.63, 3.8) is 0 Å². The molecule has 1 atom stereocenters. The van der Waals surface area contributed by atoms with Crippen molar-refractivity contribution in [2.75, 3.05) is 19.6 Å². The van der Waals surface area contributed by atoms with Crippen LogP contribution in [-0.2, 0) is 9.59 Å². The van der Waals surface area contributed by atoms with E-state index in [0.29, 0.717) is 0 Å². The fourth-order valence-electron chi connectivity index (χ4n) is 0.924. The molecule has 0 aliphatic rings. The van der Waals surface area contributed by atoms with Gasteiger partial charge in [-0.05, 0) is 19.6 Å². The van der Waals surface area contributed by atoms with Crippen molar-refractivity contribution in [2.24, 2.45) is 0 Å². The number of hydrogen-bond acceptors (Lipinski definition) is 4. The van der Waals surface area contributed by atoms with Gasteiger partial charge in [-0.3, -0.25) is 4.79 Å². The molecule has 1 unspecified atom stereocenters. The Morgan fingerprint density at radius 1 is 1.06 bits per heavy atom. The summed E-state index contributed by atoms with van der Waals surface area (Å²) in [5, 5.41) is 24.1. The second-order valence-corrected chi connectivity index (χ2v) is 3.07. The van der Waals surface area contributed by atoms with Gasteiger partial charge in [0.25, 0.3) is 0 Å². The summed E-state index contributed by atoms with van der Waals surface area (Å²) < 4.78 is 0. The molecule has 0 rings (SSSR count). The number of carboxylic acids is 2. The van der Waals surface area contributed by atoms with Crippen molar-refractivity contribution >= 4 is 11.9 Å². The summed E-state index contributed by atoms with van der Waals surface area (Å²) in [6, 6.07) is 0. The maximum absolute atomic E-state index is 9.72. The topological polar surface area (TPSA) is 98.1 Å². The second-order valence-electron chi connectivity index (χ2n) is 3.07. The number of nitrogens with zero attached hydrogens (tertiary/aromatic N) is 1. The normalized spacial score (nSPS) is 11.6. The Morgan fingerprint density at radius 3 is 1.50 bits per heavy atom. The highest BCUT2D eigenvalue weighted by atomic mass is 16.4. The molecule has 6 nitrogen and oxygen atoms in total. The molecule has 0 amide bonds. The Labute approximate surface area is 95.5 Å². The lowest BCUT2D eigenvalue weighted by atomic mass is 10.3. The lowest BCUT2D eigenvalue weighted by molar-refractivity contribution is -0.152. The van der Waals surface area contributed by atoms with Gasteiger partial charge in [0.05, 0.1) is 6.42 Å². The van der Waals surface area contributed by atoms with E-state index >= 15 is 0 Å². The van der Waals surface area contributed by atoms with Crippen molar-refractivity contribution < 1.29 is 24.9 Å². The van der Waals surface area contributed by atoms with Gasteiger partial charge in [-0.1, -0.05) is 20.8 Å². The number of hydrogen-bond donors (Lipinski definition) is 3. The molecule has 0 heterocycles. The molecule has 0 aliphatic carbocycles. The fourth-order valence-corrected chi connectivity index (χ4v) is 0.924. The SMILES string of the molecule is CCN(CC)CC.O=C(O)CC(O)C(=O)O. The predicted molar refractivity (Wildman–Crippen MR) is 59.4 cm³/mol. The number of aliphatic hydroxyl groups is 1. The summed E-state index contributed by atoms with van der Waals surface area (Å²) in [4.78, 5) is 21.8. The van der Waals surface area contributed by atoms with E-state index in [9.17, 15) is 9.59 Å². The first-order chi connectivity index (χ1) is 7.38. The van der Waals surface area contributed by atoms with Crippen LogP contribution in [0.3, 0.4) is 0 Å². The highest BCUT2D eigenvalue weighted by Gasteiger charge is 2.16. The van der Waals surface area contributed by atoms with Crippen molar-refractivity contribution in [1.82, 2.24) is 4.90 Å². The van der Waals surface area contributed by atoms with E-state index in [4.69, 9.17) is 15.3 Å². The van der Waals surface area contributed by atoms with Crippen LogP contribution in [0.2, 0.25) is 0 Å². The Hall–Kier alpha value is -1.14. The number of carboxylic acid groups (broad SMARTS) is 2. The zero-order valence-electron chi connectivity index (χ0n) is 10.0. The molecule has 0 aromatic heterocycles. The van der Waals surface area contributed by atoms with E-state index in [1.165, 1.54) is 19.6 Å². The van der Waals surface area contributed by atoms with E-state index in [0.717, 1.165) is 0 Å². The largest absolute Gasteiger partial charge is 0.481 e. The fraction of sp³-hybridized carbons (Fsp3) is 0.800. The summed E-state index contributed by atoms with van der Waals surface area (Å²) in [6.45, 7) is 10.1. The van der Waals surface area contributed by atoms with E-state index in [-0.39, 0.29) is 0 Å². The average molecular weight is 235 g/mol. The first kappa shape index (κ1) is 17.3. The van der Waals surface area contributed by atoms with Crippen LogP contribution in [0.1, 0.15) is 27.2 Å². The molecule has 0 radical (unpaired) electrons. The average Bonchev–Trinajstić information content (AvgIpc) is 2.20. The van der Waals surface area contributed by atoms with Gasteiger partial charge in [-0.2, -0.15) is 0 Å². The minimum atomic E-state index is -1.79. The molecule has 0 aromatic carbocycles. The van der Waals surface area contributed by atoms with Gasteiger partial charge in [-0.25, -0.2) is 4.79 Å². The summed E-state index contributed by atoms with van der Waals surface area (Å²) in [5.41, 5.74) is 0. The zero-order chi connectivity index (χ0) is 13.1. The van der Waals surface area contributed by atoms with Crippen molar-refractivity contribution in [1.29, 1.82) is 0 Å². The van der Waals surface area contributed by atoms with Crippen LogP contribution >= 0.6 is 0 Å². The van der Waals surface area contributed by atoms with Crippen LogP contribution in [0.5, 0.6) is 0 Å². The summed E-state index contributed by atoms with van der Waals surface area (Å²) >= 11 is 0. The van der Waals surface area contributed by atoms with E-state index in [1.54, 1.807) is 0 Å². The molecular formula is C10H21NO5. The number of carbonyl (C=O) groups is 2. The summed E-state index contributed by atoms with van der Waals surface area (Å²) in [6.07, 6.45) is -2.54. The van der Waals surface area contributed by atoms with Gasteiger partial charge >= 0.3 is 11.9 Å². The Morgan fingerprint density at radius 2 is 1.44 bits per heavy atom. The molecule has 16 heavy (non-hydrogen) atoms. The highest BCUT2D eigenvalue weighted by molar-refractivity contribution is 5.79. The van der Waals surface area contributed by atoms with E-state index in [1.807, 2.05) is 0 Å². The highest BCUT2D eigenvalue weighted by Crippen LogP contribution is 1.89. The third-order valence-electron chi connectivity index (χ3n) is 1.99. The summed E-state index contributed by atoms with van der Waals surface area (Å²) in [5.74, 6) is -2.85. The molecule has 3 N–H and O–H groups in total. The molecule has 0 bridgehead atoms. The zero-order valence-corrected chi connectivity index (χ0v) is 10.0. The monoisotopic (exact) mass is 235 g/mol. The lowest BCUT2D eigenvalue weighted by Crippen LogP contribution is -2.22. The van der Waals surface area contributed by atoms with Crippen LogP contribution in [0.15, 0.2) is 0 Å². The number of aliphatic hydroxyl groups excluding tert-OH is 1. The van der Waals surface area contributed by atoms with Crippen LogP contribution < -0.4 is 0 Å². The predicted octanol–water partition coefficient (Wildman–Crippen LogP) is 0.255. The van der Waals surface area contributed by atoms with Gasteiger partial charge in [0, 0.05) is 0 Å². The minimum Gasteiger partial charge on any atom is -0.481 e. The molecule has 0 saturated heterocycles. The number of aliphatic carboxylic acids is 2. The van der Waals surface area contributed by atoms with Crippen LogP contribution in [0.4, 0.5) is 0 Å². The molecule has 0 fully saturated rings. The molecule has 0 aromatic rings. The summed E-state index contributed by atoms with van der Waals surface area (Å²) in [7, 11) is 0. The van der Waals surface area contributed by atoms with Gasteiger partial charge in [0.1, 0.15) is 0 Å². The van der Waals surface area contributed by atoms with Crippen molar-refractivity contribution in [3.05, 3.63) is 0 Å². The van der Waals surface area contributed by atoms with Crippen LogP contribution in [0, 0.1) is 0 Å². The molecule has 6 heteroatoms. The Bertz CT molecular complexity index is 198. The Balaban J connectivity index is 0. The van der Waals surface area contributed by atoms with Gasteiger partial charge in [0.2, 0.25) is 0 Å². The molecule has 0 aliphatic heterocycles. The van der Waals surface area contributed by atoms with Gasteiger partial charge in [-0.15, -0.1) is 0 Å². The third-order valence-corrected chi connectivity index (χ3v) is 1.99. The molecule has 0 spiro atoms. The standard InChI is InChI=1S/C6H15N.C4H6O5/c1-4-7(5-2)6-3;5-2(4(8)9)1-3(6)7/h4-6H2,1-3H3;2,5H,1H2,(H,6,7)(H,8,9). The first-order valence-corrected chi connectivity index (χ1v) is 5.23. The molecular weight excluding hydrogens is 214 g/mol. The van der Waals surface area contributed by atoms with Crippen LogP contribution in [0.25, 0.3) is 0 Å². The number of rotatable bonds is 6. The van der Waals surface area contributed by atoms with Gasteiger partial charge < -0.3 is 20.2 Å². The maximum atomic E-state index is 9.72. The Kier molecular flexibility index (Phi) is 11.2. The smallest absolute Gasteiger partial charge is 0.333 e. The second kappa shape index (κ2) is 10.4. The van der Waals surface area contributed by atoms with Gasteiger partial charge in [0.15, 0.2) is 6.10 Å². The lowest BCUT2D eigenvalue weighted by Gasteiger charge is -2.13. The third kappa shape index (κ3) is 10.9. The maximum Gasteiger partial charge on any atom is 0.333 e. The van der Waals surface area contributed by atoms with Crippen molar-refractivity contribution in [2.45, 2.75) is 33.3 Å². The molecule has 0 saturated carbocycles. The van der Waals surface area contributed by atoms with Crippen molar-refractivity contribution in [3.8, 4) is 0 Å². The van der Waals surface area contributed by atoms with E-state index < -0.39 is 24.5 Å². The van der Waals surface area contributed by atoms with E-state index in [2.05, 4.69) is 25.7 Å². The quantitative estimate of drug-likeness (QED) is 0.610. The minimum absolute atomic E-state index is 0.755. The molecule has 96 valence electrons. The van der Waals surface area contributed by atoms with Crippen LogP contribution in [-0.4, -0.2) is 57.9 Å².